The number of hydrogen-bond acceptors (Lipinski definition) is 5. The zero-order valence-electron chi connectivity index (χ0n) is 16.1. The molecule has 1 amide bonds. The molecule has 2 aromatic carbocycles. The number of thioether (sulfide) groups is 1. The molecule has 0 atom stereocenters. The summed E-state index contributed by atoms with van der Waals surface area (Å²) in [6, 6.07) is 15.2. The van der Waals surface area contributed by atoms with E-state index in [1.165, 1.54) is 9.87 Å². The molecule has 0 bridgehead atoms. The van der Waals surface area contributed by atoms with Crippen LogP contribution < -0.4 is 4.90 Å². The van der Waals surface area contributed by atoms with Crippen molar-refractivity contribution in [1.29, 1.82) is 0 Å². The lowest BCUT2D eigenvalue weighted by atomic mass is 10.2. The van der Waals surface area contributed by atoms with Gasteiger partial charge in [-0.3, -0.25) is 4.79 Å². The number of sulfonamides is 1. The summed E-state index contributed by atoms with van der Waals surface area (Å²) in [5.74, 6) is 1.26. The Labute approximate surface area is 175 Å². The lowest BCUT2D eigenvalue weighted by Crippen LogP contribution is -2.40. The third-order valence-electron chi connectivity index (χ3n) is 5.19. The first-order valence-corrected chi connectivity index (χ1v) is 12.3. The van der Waals surface area contributed by atoms with E-state index in [2.05, 4.69) is 12.1 Å². The minimum atomic E-state index is -3.52. The van der Waals surface area contributed by atoms with Gasteiger partial charge in [-0.05, 0) is 35.7 Å². The maximum absolute atomic E-state index is 12.9. The predicted molar refractivity (Wildman–Crippen MR) is 115 cm³/mol. The minimum absolute atomic E-state index is 0.0634. The predicted octanol–water partition coefficient (Wildman–Crippen LogP) is 2.53. The second kappa shape index (κ2) is 8.87. The molecule has 4 rings (SSSR count). The van der Waals surface area contributed by atoms with Gasteiger partial charge in [0.25, 0.3) is 0 Å². The molecule has 1 fully saturated rings. The number of amides is 1. The number of hydrogen-bond donors (Lipinski definition) is 0. The second-order valence-corrected chi connectivity index (χ2v) is 10.0. The van der Waals surface area contributed by atoms with E-state index in [1.807, 2.05) is 18.2 Å². The number of morpholine rings is 1. The van der Waals surface area contributed by atoms with Crippen molar-refractivity contribution in [3.8, 4) is 0 Å². The monoisotopic (exact) mass is 432 g/mol. The summed E-state index contributed by atoms with van der Waals surface area (Å²) in [6.07, 6.45) is 0.677. The summed E-state index contributed by atoms with van der Waals surface area (Å²) in [4.78, 5) is 14.8. The highest BCUT2D eigenvalue weighted by Gasteiger charge is 2.30. The second-order valence-electron chi connectivity index (χ2n) is 7.08. The third-order valence-corrected chi connectivity index (χ3v) is 8.08. The Morgan fingerprint density at radius 1 is 1.03 bits per heavy atom. The van der Waals surface area contributed by atoms with Crippen LogP contribution in [0.15, 0.2) is 53.4 Å². The fourth-order valence-corrected chi connectivity index (χ4v) is 5.96. The van der Waals surface area contributed by atoms with Crippen LogP contribution in [0.5, 0.6) is 0 Å². The largest absolute Gasteiger partial charge is 0.379 e. The molecular formula is C21H24N2O4S2. The zero-order chi connectivity index (χ0) is 20.3. The molecule has 0 aromatic heterocycles. The molecular weight excluding hydrogens is 408 g/mol. The molecule has 2 heterocycles. The van der Waals surface area contributed by atoms with Gasteiger partial charge in [0.1, 0.15) is 0 Å². The smallest absolute Gasteiger partial charge is 0.243 e. The maximum atomic E-state index is 12.9. The molecule has 0 saturated carbocycles. The van der Waals surface area contributed by atoms with Gasteiger partial charge in [-0.25, -0.2) is 8.42 Å². The van der Waals surface area contributed by atoms with Crippen molar-refractivity contribution in [3.63, 3.8) is 0 Å². The molecule has 154 valence electrons. The fourth-order valence-electron chi connectivity index (χ4n) is 3.64. The van der Waals surface area contributed by atoms with Crippen molar-refractivity contribution >= 4 is 33.4 Å². The average molecular weight is 433 g/mol. The van der Waals surface area contributed by atoms with Crippen molar-refractivity contribution in [3.05, 3.63) is 59.7 Å². The van der Waals surface area contributed by atoms with E-state index in [1.54, 1.807) is 34.9 Å². The Morgan fingerprint density at radius 3 is 2.55 bits per heavy atom. The van der Waals surface area contributed by atoms with Crippen LogP contribution >= 0.6 is 11.8 Å². The Hall–Kier alpha value is -1.87. The van der Waals surface area contributed by atoms with Crippen LogP contribution in [0, 0.1) is 0 Å². The lowest BCUT2D eigenvalue weighted by molar-refractivity contribution is -0.116. The Balaban J connectivity index is 1.42. The summed E-state index contributed by atoms with van der Waals surface area (Å²) in [5, 5.41) is 0. The van der Waals surface area contributed by atoms with Gasteiger partial charge in [0.15, 0.2) is 0 Å². The summed E-state index contributed by atoms with van der Waals surface area (Å²) >= 11 is 1.60. The molecule has 2 aliphatic heterocycles. The number of anilines is 1. The van der Waals surface area contributed by atoms with Gasteiger partial charge in [0.05, 0.1) is 23.9 Å². The number of ether oxygens (including phenoxy) is 1. The first-order chi connectivity index (χ1) is 14.1. The van der Waals surface area contributed by atoms with E-state index in [0.29, 0.717) is 49.9 Å². The van der Waals surface area contributed by atoms with Gasteiger partial charge in [0.2, 0.25) is 15.9 Å². The van der Waals surface area contributed by atoms with Crippen LogP contribution in [0.2, 0.25) is 0 Å². The Morgan fingerprint density at radius 2 is 1.79 bits per heavy atom. The number of nitrogens with zero attached hydrogens (tertiary/aromatic N) is 2. The molecule has 1 saturated heterocycles. The molecule has 2 aliphatic rings. The van der Waals surface area contributed by atoms with Crippen molar-refractivity contribution < 1.29 is 17.9 Å². The quantitative estimate of drug-likeness (QED) is 0.702. The normalized spacial score (nSPS) is 17.3. The molecule has 2 aromatic rings. The van der Waals surface area contributed by atoms with Crippen LogP contribution in [0.4, 0.5) is 5.69 Å². The maximum Gasteiger partial charge on any atom is 0.243 e. The number of benzene rings is 2. The van der Waals surface area contributed by atoms with Gasteiger partial charge in [-0.2, -0.15) is 4.31 Å². The molecule has 6 nitrogen and oxygen atoms in total. The van der Waals surface area contributed by atoms with Gasteiger partial charge in [0, 0.05) is 31.1 Å². The Bertz CT molecular complexity index is 973. The number of rotatable bonds is 6. The molecule has 0 aliphatic carbocycles. The zero-order valence-corrected chi connectivity index (χ0v) is 17.8. The van der Waals surface area contributed by atoms with Crippen molar-refractivity contribution in [2.45, 2.75) is 17.1 Å². The Kier molecular flexibility index (Phi) is 6.24. The summed E-state index contributed by atoms with van der Waals surface area (Å²) < 4.78 is 32.5. The van der Waals surface area contributed by atoms with E-state index >= 15 is 0 Å². The van der Waals surface area contributed by atoms with E-state index in [4.69, 9.17) is 4.74 Å². The summed E-state index contributed by atoms with van der Waals surface area (Å²) in [7, 11) is -3.52. The molecule has 0 spiro atoms. The van der Waals surface area contributed by atoms with Crippen molar-refractivity contribution in [2.24, 2.45) is 0 Å². The van der Waals surface area contributed by atoms with Crippen LogP contribution in [0.25, 0.3) is 0 Å². The van der Waals surface area contributed by atoms with Crippen molar-refractivity contribution in [2.75, 3.05) is 43.5 Å². The van der Waals surface area contributed by atoms with Crippen LogP contribution in [0.1, 0.15) is 11.1 Å². The SMILES string of the molecule is O=C(CSCc1ccccc1)N1CCc2cc(S(=O)(=O)N3CCOCC3)ccc21. The van der Waals surface area contributed by atoms with E-state index in [0.717, 1.165) is 17.0 Å². The van der Waals surface area contributed by atoms with E-state index < -0.39 is 10.0 Å². The van der Waals surface area contributed by atoms with Crippen LogP contribution in [0.3, 0.4) is 0 Å². The lowest BCUT2D eigenvalue weighted by Gasteiger charge is -2.26. The fraction of sp³-hybridized carbons (Fsp3) is 0.381. The van der Waals surface area contributed by atoms with Crippen LogP contribution in [-0.2, 0) is 31.7 Å². The molecule has 8 heteroatoms. The molecule has 29 heavy (non-hydrogen) atoms. The summed E-state index contributed by atoms with van der Waals surface area (Å²) in [6.45, 7) is 2.20. The first kappa shape index (κ1) is 20.4. The van der Waals surface area contributed by atoms with Gasteiger partial charge in [-0.1, -0.05) is 30.3 Å². The minimum Gasteiger partial charge on any atom is -0.379 e. The standard InChI is InChI=1S/C21H24N2O4S2/c24-21(16-28-15-17-4-2-1-3-5-17)23-9-8-18-14-19(6-7-20(18)23)29(25,26)22-10-12-27-13-11-22/h1-7,14H,8-13,15-16H2. The molecule has 0 radical (unpaired) electrons. The van der Waals surface area contributed by atoms with Crippen LogP contribution in [-0.4, -0.2) is 57.2 Å². The van der Waals surface area contributed by atoms with Crippen molar-refractivity contribution in [1.82, 2.24) is 4.31 Å². The molecule has 0 unspecified atom stereocenters. The van der Waals surface area contributed by atoms with Gasteiger partial charge < -0.3 is 9.64 Å². The highest BCUT2D eigenvalue weighted by molar-refractivity contribution is 7.99. The van der Waals surface area contributed by atoms with E-state index in [-0.39, 0.29) is 5.91 Å². The topological polar surface area (TPSA) is 66.9 Å². The third kappa shape index (κ3) is 4.50. The van der Waals surface area contributed by atoms with Gasteiger partial charge in [-0.15, -0.1) is 11.8 Å². The number of carbonyl (C=O) groups is 1. The number of carbonyl (C=O) groups excluding carboxylic acids is 1. The van der Waals surface area contributed by atoms with Gasteiger partial charge >= 0.3 is 0 Å². The number of fused-ring (bicyclic) bond motifs is 1. The summed E-state index contributed by atoms with van der Waals surface area (Å²) in [5.41, 5.74) is 2.95. The first-order valence-electron chi connectivity index (χ1n) is 9.68. The van der Waals surface area contributed by atoms with E-state index in [9.17, 15) is 13.2 Å². The average Bonchev–Trinajstić information content (AvgIpc) is 3.18. The highest BCUT2D eigenvalue weighted by atomic mass is 32.2. The molecule has 0 N–H and O–H groups in total. The highest BCUT2D eigenvalue weighted by Crippen LogP contribution is 2.32.